The first-order valence-corrected chi connectivity index (χ1v) is 13.7. The molecule has 0 heterocycles. The Morgan fingerprint density at radius 3 is 2.20 bits per heavy atom. The normalized spacial score (nSPS) is 11.4. The lowest BCUT2D eigenvalue weighted by molar-refractivity contribution is -0.903. The van der Waals surface area contributed by atoms with Gasteiger partial charge in [0.25, 0.3) is 0 Å². The van der Waals surface area contributed by atoms with Crippen LogP contribution in [0.5, 0.6) is 5.75 Å². The van der Waals surface area contributed by atoms with Gasteiger partial charge in [-0.05, 0) is 43.4 Å². The van der Waals surface area contributed by atoms with Crippen molar-refractivity contribution in [2.24, 2.45) is 0 Å². The smallest absolute Gasteiger partial charge is 0.305 e. The molecule has 0 N–H and O–H groups in total. The molecular formula is C31H48NO3+. The molecule has 0 unspecified atom stereocenters. The number of aryl methyl sites for hydroxylation is 1. The van der Waals surface area contributed by atoms with Crippen LogP contribution in [-0.2, 0) is 22.5 Å². The van der Waals surface area contributed by atoms with E-state index in [0.717, 1.165) is 42.6 Å². The molecule has 0 bridgehead atoms. The van der Waals surface area contributed by atoms with E-state index in [9.17, 15) is 4.79 Å². The summed E-state index contributed by atoms with van der Waals surface area (Å²) in [6.45, 7) is 5.30. The number of carbonyl (C=O) groups is 1. The molecule has 0 atom stereocenters. The first kappa shape index (κ1) is 28.9. The zero-order chi connectivity index (χ0) is 25.2. The minimum Gasteiger partial charge on any atom is -0.493 e. The first-order valence-electron chi connectivity index (χ1n) is 13.7. The number of hydrogen-bond donors (Lipinski definition) is 0. The highest BCUT2D eigenvalue weighted by Crippen LogP contribution is 2.16. The molecule has 0 aliphatic rings. The van der Waals surface area contributed by atoms with Gasteiger partial charge in [0.1, 0.15) is 12.3 Å². The second-order valence-corrected chi connectivity index (χ2v) is 10.3. The van der Waals surface area contributed by atoms with Gasteiger partial charge in [0, 0.05) is 18.4 Å². The number of ether oxygens (including phenoxy) is 2. The number of carbonyl (C=O) groups excluding carboxylic acids is 1. The number of unbranched alkanes of at least 4 members (excludes halogenated alkanes) is 6. The summed E-state index contributed by atoms with van der Waals surface area (Å²) >= 11 is 0. The van der Waals surface area contributed by atoms with Gasteiger partial charge in [-0.3, -0.25) is 4.79 Å². The minimum atomic E-state index is -0.0996. The lowest BCUT2D eigenvalue weighted by Crippen LogP contribution is -2.39. The number of nitrogens with zero attached hydrogens (tertiary/aromatic N) is 1. The topological polar surface area (TPSA) is 35.5 Å². The van der Waals surface area contributed by atoms with Crippen molar-refractivity contribution in [3.8, 4) is 5.75 Å². The van der Waals surface area contributed by atoms with Crippen molar-refractivity contribution in [2.45, 2.75) is 84.1 Å². The first-order chi connectivity index (χ1) is 17.0. The van der Waals surface area contributed by atoms with Gasteiger partial charge in [-0.2, -0.15) is 0 Å². The summed E-state index contributed by atoms with van der Waals surface area (Å²) in [6.07, 6.45) is 12.2. The van der Waals surface area contributed by atoms with Gasteiger partial charge < -0.3 is 14.0 Å². The summed E-state index contributed by atoms with van der Waals surface area (Å²) in [4.78, 5) is 12.0. The molecule has 194 valence electrons. The highest BCUT2D eigenvalue weighted by molar-refractivity contribution is 5.69. The van der Waals surface area contributed by atoms with Crippen LogP contribution in [0.25, 0.3) is 0 Å². The third-order valence-electron chi connectivity index (χ3n) is 6.41. The summed E-state index contributed by atoms with van der Waals surface area (Å²) in [7, 11) is 4.49. The number of esters is 1. The van der Waals surface area contributed by atoms with Crippen LogP contribution in [0.15, 0.2) is 54.6 Å². The molecule has 4 heteroatoms. The summed E-state index contributed by atoms with van der Waals surface area (Å²) in [5.74, 6) is 0.789. The lowest BCUT2D eigenvalue weighted by atomic mass is 10.0. The van der Waals surface area contributed by atoms with Gasteiger partial charge in [-0.25, -0.2) is 0 Å². The maximum atomic E-state index is 12.0. The van der Waals surface area contributed by atoms with Gasteiger partial charge in [-0.1, -0.05) is 81.5 Å². The quantitative estimate of drug-likeness (QED) is 0.119. The molecule has 0 saturated heterocycles. The molecule has 0 saturated carbocycles. The van der Waals surface area contributed by atoms with Crippen molar-refractivity contribution < 1.29 is 18.8 Å². The SMILES string of the molecule is CCCCCCCCc1ccc(OCCCOC(=O)CCCC[N+](C)(C)Cc2ccccc2)cc1. The van der Waals surface area contributed by atoms with Gasteiger partial charge in [0.2, 0.25) is 0 Å². The average Bonchev–Trinajstić information content (AvgIpc) is 2.85. The third-order valence-corrected chi connectivity index (χ3v) is 6.41. The van der Waals surface area contributed by atoms with E-state index < -0.39 is 0 Å². The van der Waals surface area contributed by atoms with Crippen LogP contribution in [-0.4, -0.2) is 44.3 Å². The fourth-order valence-corrected chi connectivity index (χ4v) is 4.33. The fraction of sp³-hybridized carbons (Fsp3) is 0.581. The molecule has 0 aromatic heterocycles. The Hall–Kier alpha value is -2.33. The Morgan fingerprint density at radius 1 is 0.743 bits per heavy atom. The van der Waals surface area contributed by atoms with Crippen LogP contribution >= 0.6 is 0 Å². The molecule has 4 nitrogen and oxygen atoms in total. The van der Waals surface area contributed by atoms with E-state index in [-0.39, 0.29) is 5.97 Å². The number of benzene rings is 2. The lowest BCUT2D eigenvalue weighted by Gasteiger charge is -2.30. The highest BCUT2D eigenvalue weighted by Gasteiger charge is 2.15. The molecule has 0 radical (unpaired) electrons. The van der Waals surface area contributed by atoms with Crippen molar-refractivity contribution in [1.82, 2.24) is 0 Å². The molecule has 2 rings (SSSR count). The third kappa shape index (κ3) is 14.0. The summed E-state index contributed by atoms with van der Waals surface area (Å²) in [5, 5.41) is 0. The highest BCUT2D eigenvalue weighted by atomic mass is 16.5. The van der Waals surface area contributed by atoms with Crippen molar-refractivity contribution >= 4 is 5.97 Å². The number of hydrogen-bond acceptors (Lipinski definition) is 3. The molecular weight excluding hydrogens is 434 g/mol. The van der Waals surface area contributed by atoms with Gasteiger partial charge in [0.15, 0.2) is 0 Å². The number of quaternary nitrogens is 1. The fourth-order valence-electron chi connectivity index (χ4n) is 4.33. The van der Waals surface area contributed by atoms with Crippen LogP contribution in [0.4, 0.5) is 0 Å². The van der Waals surface area contributed by atoms with Crippen molar-refractivity contribution in [3.63, 3.8) is 0 Å². The molecule has 0 aliphatic carbocycles. The van der Waals surface area contributed by atoms with Crippen molar-refractivity contribution in [1.29, 1.82) is 0 Å². The van der Waals surface area contributed by atoms with E-state index in [1.807, 2.05) is 0 Å². The maximum absolute atomic E-state index is 12.0. The Morgan fingerprint density at radius 2 is 1.46 bits per heavy atom. The molecule has 0 spiro atoms. The van der Waals surface area contributed by atoms with Crippen LogP contribution < -0.4 is 4.74 Å². The predicted octanol–water partition coefficient (Wildman–Crippen LogP) is 7.35. The standard InChI is InChI=1S/C31H48NO3/c1-4-5-6-7-8-10-16-28-20-22-30(23-21-28)34-25-15-26-35-31(33)19-13-14-24-32(2,3)27-29-17-11-9-12-18-29/h9,11-12,17-18,20-23H,4-8,10,13-16,19,24-27H2,1-3H3/q+1. The largest absolute Gasteiger partial charge is 0.493 e. The Labute approximate surface area is 214 Å². The van der Waals surface area contributed by atoms with E-state index in [0.29, 0.717) is 26.1 Å². The van der Waals surface area contributed by atoms with E-state index in [1.165, 1.54) is 49.7 Å². The van der Waals surface area contributed by atoms with Crippen molar-refractivity contribution in [2.75, 3.05) is 33.9 Å². The second kappa shape index (κ2) is 17.2. The van der Waals surface area contributed by atoms with E-state index in [1.54, 1.807) is 0 Å². The summed E-state index contributed by atoms with van der Waals surface area (Å²) < 4.78 is 12.1. The zero-order valence-corrected chi connectivity index (χ0v) is 22.5. The Bertz CT molecular complexity index is 802. The number of rotatable bonds is 19. The second-order valence-electron chi connectivity index (χ2n) is 10.3. The van der Waals surface area contributed by atoms with Crippen molar-refractivity contribution in [3.05, 3.63) is 65.7 Å². The summed E-state index contributed by atoms with van der Waals surface area (Å²) in [6, 6.07) is 19.0. The Balaban J connectivity index is 1.47. The van der Waals surface area contributed by atoms with Crippen LogP contribution in [0, 0.1) is 0 Å². The predicted molar refractivity (Wildman–Crippen MR) is 146 cm³/mol. The zero-order valence-electron chi connectivity index (χ0n) is 22.5. The molecule has 0 amide bonds. The molecule has 0 fully saturated rings. The molecule has 0 aliphatic heterocycles. The monoisotopic (exact) mass is 482 g/mol. The van der Waals surface area contributed by atoms with E-state index in [2.05, 4.69) is 75.6 Å². The van der Waals surface area contributed by atoms with E-state index >= 15 is 0 Å². The molecule has 2 aromatic carbocycles. The summed E-state index contributed by atoms with van der Waals surface area (Å²) in [5.41, 5.74) is 2.73. The van der Waals surface area contributed by atoms with Gasteiger partial charge in [-0.15, -0.1) is 0 Å². The van der Waals surface area contributed by atoms with Crippen LogP contribution in [0.1, 0.15) is 82.3 Å². The average molecular weight is 483 g/mol. The molecule has 35 heavy (non-hydrogen) atoms. The maximum Gasteiger partial charge on any atom is 0.305 e. The van der Waals surface area contributed by atoms with Crippen LogP contribution in [0.2, 0.25) is 0 Å². The molecule has 2 aromatic rings. The van der Waals surface area contributed by atoms with E-state index in [4.69, 9.17) is 9.47 Å². The Kier molecular flexibility index (Phi) is 14.2. The van der Waals surface area contributed by atoms with Gasteiger partial charge >= 0.3 is 5.97 Å². The van der Waals surface area contributed by atoms with Crippen LogP contribution in [0.3, 0.4) is 0 Å². The van der Waals surface area contributed by atoms with Gasteiger partial charge in [0.05, 0.1) is 33.9 Å². The minimum absolute atomic E-state index is 0.0996.